The van der Waals surface area contributed by atoms with E-state index in [9.17, 15) is 4.79 Å². The van der Waals surface area contributed by atoms with Crippen LogP contribution in [-0.2, 0) is 11.2 Å². The lowest BCUT2D eigenvalue weighted by Crippen LogP contribution is -2.45. The molecule has 0 unspecified atom stereocenters. The summed E-state index contributed by atoms with van der Waals surface area (Å²) in [4.78, 5) is 24.3. The van der Waals surface area contributed by atoms with E-state index in [2.05, 4.69) is 46.4 Å². The van der Waals surface area contributed by atoms with Crippen molar-refractivity contribution in [2.24, 2.45) is 5.92 Å². The SMILES string of the molecule is C[C@@H](CCc1ccccc1)NC(=O)[C@H]1CCCN(c2cnc3ccccc3n2)C1. The van der Waals surface area contributed by atoms with Gasteiger partial charge in [0.2, 0.25) is 5.91 Å². The van der Waals surface area contributed by atoms with Crippen LogP contribution in [0.2, 0.25) is 0 Å². The highest BCUT2D eigenvalue weighted by Gasteiger charge is 2.27. The minimum absolute atomic E-state index is 0.00352. The monoisotopic (exact) mass is 388 g/mol. The number of para-hydroxylation sites is 2. The van der Waals surface area contributed by atoms with Gasteiger partial charge in [-0.15, -0.1) is 0 Å². The van der Waals surface area contributed by atoms with Gasteiger partial charge in [-0.1, -0.05) is 42.5 Å². The van der Waals surface area contributed by atoms with E-state index in [0.29, 0.717) is 6.54 Å². The molecule has 1 N–H and O–H groups in total. The highest BCUT2D eigenvalue weighted by molar-refractivity contribution is 5.80. The van der Waals surface area contributed by atoms with Gasteiger partial charge < -0.3 is 10.2 Å². The Balaban J connectivity index is 1.34. The van der Waals surface area contributed by atoms with E-state index in [-0.39, 0.29) is 17.9 Å². The zero-order chi connectivity index (χ0) is 20.1. The third-order valence-electron chi connectivity index (χ3n) is 5.65. The summed E-state index contributed by atoms with van der Waals surface area (Å²) < 4.78 is 0. The number of hydrogen-bond acceptors (Lipinski definition) is 4. The van der Waals surface area contributed by atoms with Gasteiger partial charge in [-0.05, 0) is 50.3 Å². The summed E-state index contributed by atoms with van der Waals surface area (Å²) in [5.41, 5.74) is 3.10. The number of nitrogens with one attached hydrogen (secondary N) is 1. The number of nitrogens with zero attached hydrogens (tertiary/aromatic N) is 3. The van der Waals surface area contributed by atoms with Gasteiger partial charge in [-0.25, -0.2) is 4.98 Å². The molecule has 2 heterocycles. The molecule has 1 amide bonds. The van der Waals surface area contributed by atoms with E-state index in [1.807, 2.05) is 36.5 Å². The summed E-state index contributed by atoms with van der Waals surface area (Å²) >= 11 is 0. The lowest BCUT2D eigenvalue weighted by atomic mass is 9.96. The van der Waals surface area contributed by atoms with Crippen LogP contribution in [0.4, 0.5) is 5.82 Å². The molecule has 5 heteroatoms. The molecule has 0 radical (unpaired) electrons. The standard InChI is InChI=1S/C24H28N4O/c1-18(13-14-19-8-3-2-4-9-19)26-24(29)20-10-7-15-28(17-20)23-16-25-21-11-5-6-12-22(21)27-23/h2-6,8-9,11-12,16,18,20H,7,10,13-15,17H2,1H3,(H,26,29)/t18-,20-/m0/s1. The second-order valence-electron chi connectivity index (χ2n) is 7.94. The van der Waals surface area contributed by atoms with Crippen LogP contribution in [0.3, 0.4) is 0 Å². The van der Waals surface area contributed by atoms with Gasteiger partial charge >= 0.3 is 0 Å². The van der Waals surface area contributed by atoms with E-state index in [1.54, 1.807) is 0 Å². The molecule has 150 valence electrons. The van der Waals surface area contributed by atoms with Crippen molar-refractivity contribution in [1.29, 1.82) is 0 Å². The number of aromatic nitrogens is 2. The van der Waals surface area contributed by atoms with Gasteiger partial charge in [0.25, 0.3) is 0 Å². The summed E-state index contributed by atoms with van der Waals surface area (Å²) in [6.07, 6.45) is 5.67. The first-order valence-electron chi connectivity index (χ1n) is 10.5. The van der Waals surface area contributed by atoms with Crippen molar-refractivity contribution in [3.05, 3.63) is 66.4 Å². The molecule has 0 spiro atoms. The maximum Gasteiger partial charge on any atom is 0.225 e. The van der Waals surface area contributed by atoms with Crippen molar-refractivity contribution in [2.75, 3.05) is 18.0 Å². The molecule has 0 aliphatic carbocycles. The van der Waals surface area contributed by atoms with E-state index in [4.69, 9.17) is 4.98 Å². The molecule has 3 aromatic rings. The fraction of sp³-hybridized carbons (Fsp3) is 0.375. The van der Waals surface area contributed by atoms with Gasteiger partial charge in [0.1, 0.15) is 5.82 Å². The van der Waals surface area contributed by atoms with Crippen LogP contribution in [0.5, 0.6) is 0 Å². The lowest BCUT2D eigenvalue weighted by Gasteiger charge is -2.33. The van der Waals surface area contributed by atoms with Crippen LogP contribution in [0, 0.1) is 5.92 Å². The van der Waals surface area contributed by atoms with E-state index in [1.165, 1.54) is 5.56 Å². The molecule has 1 saturated heterocycles. The number of hydrogen-bond donors (Lipinski definition) is 1. The Morgan fingerprint density at radius 1 is 1.14 bits per heavy atom. The van der Waals surface area contributed by atoms with Crippen molar-refractivity contribution in [1.82, 2.24) is 15.3 Å². The van der Waals surface area contributed by atoms with Gasteiger partial charge in [-0.2, -0.15) is 0 Å². The van der Waals surface area contributed by atoms with Gasteiger partial charge in [0.15, 0.2) is 0 Å². The van der Waals surface area contributed by atoms with Crippen LogP contribution in [0.25, 0.3) is 11.0 Å². The lowest BCUT2D eigenvalue weighted by molar-refractivity contribution is -0.125. The smallest absolute Gasteiger partial charge is 0.225 e. The third-order valence-corrected chi connectivity index (χ3v) is 5.65. The topological polar surface area (TPSA) is 58.1 Å². The number of fused-ring (bicyclic) bond motifs is 1. The van der Waals surface area contributed by atoms with Gasteiger partial charge in [-0.3, -0.25) is 9.78 Å². The number of carbonyl (C=O) groups excluding carboxylic acids is 1. The summed E-state index contributed by atoms with van der Waals surface area (Å²) in [6.45, 7) is 3.71. The molecule has 4 rings (SSSR count). The molecule has 29 heavy (non-hydrogen) atoms. The van der Waals surface area contributed by atoms with Crippen LogP contribution >= 0.6 is 0 Å². The Morgan fingerprint density at radius 2 is 1.90 bits per heavy atom. The molecule has 2 aromatic carbocycles. The number of rotatable bonds is 6. The molecule has 1 aliphatic rings. The Labute approximate surface area is 172 Å². The van der Waals surface area contributed by atoms with Crippen LogP contribution in [0.1, 0.15) is 31.7 Å². The first-order chi connectivity index (χ1) is 14.2. The number of benzene rings is 2. The highest BCUT2D eigenvalue weighted by atomic mass is 16.2. The fourth-order valence-corrected chi connectivity index (χ4v) is 3.96. The largest absolute Gasteiger partial charge is 0.355 e. The zero-order valence-electron chi connectivity index (χ0n) is 16.9. The quantitative estimate of drug-likeness (QED) is 0.694. The van der Waals surface area contributed by atoms with Gasteiger partial charge in [0.05, 0.1) is 23.1 Å². The van der Waals surface area contributed by atoms with Crippen LogP contribution in [0.15, 0.2) is 60.8 Å². The summed E-state index contributed by atoms with van der Waals surface area (Å²) in [5, 5.41) is 3.22. The van der Waals surface area contributed by atoms with Crippen molar-refractivity contribution < 1.29 is 4.79 Å². The minimum atomic E-state index is -0.00352. The Hall–Kier alpha value is -2.95. The number of carbonyl (C=O) groups is 1. The molecule has 1 aromatic heterocycles. The molecule has 1 aliphatic heterocycles. The number of piperidine rings is 1. The van der Waals surface area contributed by atoms with Crippen LogP contribution < -0.4 is 10.2 Å². The number of amides is 1. The maximum atomic E-state index is 12.8. The Morgan fingerprint density at radius 3 is 2.72 bits per heavy atom. The number of anilines is 1. The average Bonchev–Trinajstić information content (AvgIpc) is 2.78. The number of aryl methyl sites for hydroxylation is 1. The fourth-order valence-electron chi connectivity index (χ4n) is 3.96. The first kappa shape index (κ1) is 19.4. The van der Waals surface area contributed by atoms with E-state index in [0.717, 1.165) is 49.1 Å². The second kappa shape index (κ2) is 9.03. The molecular formula is C24H28N4O. The first-order valence-corrected chi connectivity index (χ1v) is 10.5. The highest BCUT2D eigenvalue weighted by Crippen LogP contribution is 2.23. The van der Waals surface area contributed by atoms with Crippen molar-refractivity contribution in [3.8, 4) is 0 Å². The van der Waals surface area contributed by atoms with E-state index >= 15 is 0 Å². The van der Waals surface area contributed by atoms with E-state index < -0.39 is 0 Å². The average molecular weight is 389 g/mol. The van der Waals surface area contributed by atoms with Crippen molar-refractivity contribution in [2.45, 2.75) is 38.6 Å². The molecular weight excluding hydrogens is 360 g/mol. The van der Waals surface area contributed by atoms with Crippen LogP contribution in [-0.4, -0.2) is 35.0 Å². The van der Waals surface area contributed by atoms with Crippen molar-refractivity contribution >= 4 is 22.8 Å². The maximum absolute atomic E-state index is 12.8. The summed E-state index contributed by atoms with van der Waals surface area (Å²) in [7, 11) is 0. The zero-order valence-corrected chi connectivity index (χ0v) is 16.9. The van der Waals surface area contributed by atoms with Gasteiger partial charge in [0, 0.05) is 19.1 Å². The Kier molecular flexibility index (Phi) is 6.03. The molecule has 1 fully saturated rings. The molecule has 0 saturated carbocycles. The second-order valence-corrected chi connectivity index (χ2v) is 7.94. The molecule has 2 atom stereocenters. The third kappa shape index (κ3) is 4.91. The predicted molar refractivity (Wildman–Crippen MR) is 117 cm³/mol. The molecule has 5 nitrogen and oxygen atoms in total. The van der Waals surface area contributed by atoms with Crippen molar-refractivity contribution in [3.63, 3.8) is 0 Å². The Bertz CT molecular complexity index is 959. The normalized spacial score (nSPS) is 17.8. The summed E-state index contributed by atoms with van der Waals surface area (Å²) in [5.74, 6) is 1.01. The predicted octanol–water partition coefficient (Wildman–Crippen LogP) is 3.98. The molecule has 0 bridgehead atoms. The minimum Gasteiger partial charge on any atom is -0.355 e. The summed E-state index contributed by atoms with van der Waals surface area (Å²) in [6, 6.07) is 18.5.